The Morgan fingerprint density at radius 3 is 2.11 bits per heavy atom. The summed E-state index contributed by atoms with van der Waals surface area (Å²) in [5, 5.41) is -5.78. The van der Waals surface area contributed by atoms with Gasteiger partial charge in [-0.05, 0) is 67.6 Å². The molecule has 0 aromatic heterocycles. The van der Waals surface area contributed by atoms with Crippen molar-refractivity contribution in [1.82, 2.24) is 0 Å². The summed E-state index contributed by atoms with van der Waals surface area (Å²) < 4.78 is 102. The number of alkyl halides is 5. The molecule has 0 aromatic carbocycles. The molecule has 8 atom stereocenters. The summed E-state index contributed by atoms with van der Waals surface area (Å²) in [6, 6.07) is 0. The van der Waals surface area contributed by atoms with Gasteiger partial charge in [-0.1, -0.05) is 0 Å². The quantitative estimate of drug-likeness (QED) is 0.304. The number of fused-ring (bicyclic) bond motifs is 9. The third-order valence-electron chi connectivity index (χ3n) is 7.21. The number of rotatable bonds is 4. The van der Waals surface area contributed by atoms with Crippen LogP contribution in [0.15, 0.2) is 0 Å². The molecule has 154 valence electrons. The molecule has 27 heavy (non-hydrogen) atoms. The Hall–Kier alpha value is -0.970. The van der Waals surface area contributed by atoms with E-state index in [0.717, 1.165) is 19.3 Å². The van der Waals surface area contributed by atoms with E-state index in [1.807, 2.05) is 0 Å². The molecule has 0 saturated heterocycles. The topological polar surface area (TPSA) is 83.5 Å². The Labute approximate surface area is 152 Å². The highest BCUT2D eigenvalue weighted by Crippen LogP contribution is 2.69. The van der Waals surface area contributed by atoms with Crippen molar-refractivity contribution < 1.29 is 44.5 Å². The van der Waals surface area contributed by atoms with E-state index in [-0.39, 0.29) is 24.2 Å². The van der Waals surface area contributed by atoms with Crippen LogP contribution in [-0.4, -0.2) is 36.5 Å². The van der Waals surface area contributed by atoms with Gasteiger partial charge in [-0.15, -0.1) is 0 Å². The molecule has 4 aliphatic carbocycles. The summed E-state index contributed by atoms with van der Waals surface area (Å²) >= 11 is 0. The minimum atomic E-state index is -6.67. The predicted molar refractivity (Wildman–Crippen MR) is 78.1 cm³/mol. The van der Waals surface area contributed by atoms with E-state index < -0.39 is 39.5 Å². The molecule has 0 spiro atoms. The Kier molecular flexibility index (Phi) is 4.14. The molecule has 0 radical (unpaired) electrons. The molecule has 0 amide bonds. The van der Waals surface area contributed by atoms with Crippen LogP contribution in [0, 0.1) is 41.4 Å². The Morgan fingerprint density at radius 1 is 0.963 bits per heavy atom. The van der Waals surface area contributed by atoms with Crippen molar-refractivity contribution >= 4 is 16.1 Å². The van der Waals surface area contributed by atoms with Crippen LogP contribution in [0.25, 0.3) is 0 Å². The van der Waals surface area contributed by atoms with Crippen LogP contribution < -0.4 is 0 Å². The average molecular weight is 417 g/mol. The van der Waals surface area contributed by atoms with Crippen LogP contribution in [0.4, 0.5) is 22.0 Å². The summed E-state index contributed by atoms with van der Waals surface area (Å²) in [6.07, 6.45) is -6.08. The fourth-order valence-corrected chi connectivity index (χ4v) is 6.94. The zero-order chi connectivity index (χ0) is 19.9. The molecule has 0 N–H and O–H groups in total. The lowest BCUT2D eigenvalue weighted by molar-refractivity contribution is -0.261. The van der Waals surface area contributed by atoms with Crippen molar-refractivity contribution in [3.63, 3.8) is 0 Å². The van der Waals surface area contributed by atoms with Gasteiger partial charge in [0.15, 0.2) is 10.1 Å². The monoisotopic (exact) mass is 417 g/mol. The van der Waals surface area contributed by atoms with Gasteiger partial charge in [-0.3, -0.25) is 4.79 Å². The lowest BCUT2D eigenvalue weighted by atomic mass is 9.67. The van der Waals surface area contributed by atoms with Crippen molar-refractivity contribution in [3.8, 4) is 0 Å². The Bertz CT molecular complexity index is 751. The smallest absolute Gasteiger partial charge is 0.432 e. The van der Waals surface area contributed by atoms with Gasteiger partial charge in [0.2, 0.25) is 0 Å². The van der Waals surface area contributed by atoms with Gasteiger partial charge in [0.05, 0.1) is 5.92 Å². The molecule has 4 fully saturated rings. The first-order valence-electron chi connectivity index (χ1n) is 8.92. The summed E-state index contributed by atoms with van der Waals surface area (Å²) in [5.74, 6) is -0.847. The normalized spacial score (nSPS) is 41.6. The van der Waals surface area contributed by atoms with Crippen molar-refractivity contribution in [2.24, 2.45) is 41.4 Å². The largest absolute Gasteiger partial charge is 0.743 e. The standard InChI is InChI=1S/C16H19F5O5S/c17-15(18,19)14(16(20,21)27(23,24)25)26-13(22)10-5-8-4-9(10)12-7-2-1-6(3-7)11(8)12/h6-12,14H,1-5H2,(H,23,24,25)/p-1. The minimum Gasteiger partial charge on any atom is -0.743 e. The maximum atomic E-state index is 13.6. The van der Waals surface area contributed by atoms with E-state index in [1.54, 1.807) is 0 Å². The van der Waals surface area contributed by atoms with Crippen LogP contribution in [0.2, 0.25) is 0 Å². The van der Waals surface area contributed by atoms with E-state index in [1.165, 1.54) is 0 Å². The SMILES string of the molecule is O=C(OC(C(F)(F)F)C(F)(F)S(=O)(=O)[O-])C1CC2CC1C1C3CCC(C3)C21. The first-order chi connectivity index (χ1) is 12.3. The van der Waals surface area contributed by atoms with Crippen LogP contribution in [0.3, 0.4) is 0 Å². The Balaban J connectivity index is 1.53. The number of hydrogen-bond donors (Lipinski definition) is 0. The first-order valence-corrected chi connectivity index (χ1v) is 10.3. The molecular formula is C16H18F5O5S-. The second kappa shape index (κ2) is 5.77. The first kappa shape index (κ1) is 19.4. The summed E-state index contributed by atoms with van der Waals surface area (Å²) in [7, 11) is -6.67. The molecule has 11 heteroatoms. The zero-order valence-corrected chi connectivity index (χ0v) is 14.8. The second-order valence-electron chi connectivity index (χ2n) is 8.36. The summed E-state index contributed by atoms with van der Waals surface area (Å²) in [5.41, 5.74) is 0. The van der Waals surface area contributed by atoms with Crippen molar-refractivity contribution in [3.05, 3.63) is 0 Å². The molecule has 0 heterocycles. The van der Waals surface area contributed by atoms with Crippen molar-refractivity contribution in [2.45, 2.75) is 49.6 Å². The minimum absolute atomic E-state index is 0.168. The average Bonchev–Trinajstić information content (AvgIpc) is 3.26. The lowest BCUT2D eigenvalue weighted by Crippen LogP contribution is -2.53. The van der Waals surface area contributed by atoms with Gasteiger partial charge in [0, 0.05) is 0 Å². The number of carbonyl (C=O) groups is 1. The number of ether oxygens (including phenoxy) is 1. The van der Waals surface area contributed by atoms with Gasteiger partial charge >= 0.3 is 17.4 Å². The number of esters is 1. The van der Waals surface area contributed by atoms with Gasteiger partial charge in [0.25, 0.3) is 6.10 Å². The Morgan fingerprint density at radius 2 is 1.56 bits per heavy atom. The highest BCUT2D eigenvalue weighted by molar-refractivity contribution is 7.86. The van der Waals surface area contributed by atoms with E-state index in [0.29, 0.717) is 24.2 Å². The molecule has 0 aliphatic heterocycles. The third kappa shape index (κ3) is 2.79. The fraction of sp³-hybridized carbons (Fsp3) is 0.938. The number of halogens is 5. The third-order valence-corrected chi connectivity index (χ3v) is 8.09. The second-order valence-corrected chi connectivity index (χ2v) is 9.82. The number of hydrogen-bond acceptors (Lipinski definition) is 5. The summed E-state index contributed by atoms with van der Waals surface area (Å²) in [4.78, 5) is 12.3. The highest BCUT2D eigenvalue weighted by Gasteiger charge is 2.66. The van der Waals surface area contributed by atoms with E-state index >= 15 is 0 Å². The molecule has 4 saturated carbocycles. The van der Waals surface area contributed by atoms with E-state index in [2.05, 4.69) is 4.74 Å². The molecule has 8 unspecified atom stereocenters. The van der Waals surface area contributed by atoms with Crippen molar-refractivity contribution in [2.75, 3.05) is 0 Å². The molecule has 4 rings (SSSR count). The lowest BCUT2D eigenvalue weighted by Gasteiger charge is -2.38. The van der Waals surface area contributed by atoms with E-state index in [9.17, 15) is 39.7 Å². The fourth-order valence-electron chi connectivity index (χ4n) is 6.50. The van der Waals surface area contributed by atoms with Gasteiger partial charge in [0.1, 0.15) is 0 Å². The van der Waals surface area contributed by atoms with E-state index in [4.69, 9.17) is 0 Å². The van der Waals surface area contributed by atoms with Gasteiger partial charge in [-0.25, -0.2) is 8.42 Å². The molecule has 4 aliphatic rings. The highest BCUT2D eigenvalue weighted by atomic mass is 32.2. The zero-order valence-electron chi connectivity index (χ0n) is 14.0. The van der Waals surface area contributed by atoms with Crippen LogP contribution >= 0.6 is 0 Å². The maximum absolute atomic E-state index is 13.6. The van der Waals surface area contributed by atoms with Gasteiger partial charge in [-0.2, -0.15) is 22.0 Å². The molecule has 5 nitrogen and oxygen atoms in total. The summed E-state index contributed by atoms with van der Waals surface area (Å²) in [6.45, 7) is 0. The maximum Gasteiger partial charge on any atom is 0.432 e. The molecule has 0 aromatic rings. The van der Waals surface area contributed by atoms with Crippen molar-refractivity contribution in [1.29, 1.82) is 0 Å². The van der Waals surface area contributed by atoms with Crippen LogP contribution in [0.5, 0.6) is 0 Å². The van der Waals surface area contributed by atoms with Gasteiger partial charge < -0.3 is 9.29 Å². The predicted octanol–water partition coefficient (Wildman–Crippen LogP) is 2.92. The molecule has 4 bridgehead atoms. The molecular weight excluding hydrogens is 399 g/mol. The van der Waals surface area contributed by atoms with Crippen LogP contribution in [0.1, 0.15) is 32.1 Å². The van der Waals surface area contributed by atoms with Crippen LogP contribution in [-0.2, 0) is 19.6 Å². The number of carbonyl (C=O) groups excluding carboxylic acids is 1.